The number of carbonyl (C=O) groups is 3. The van der Waals surface area contributed by atoms with Crippen LogP contribution < -0.4 is 10.1 Å². The third-order valence-corrected chi connectivity index (χ3v) is 6.65. The van der Waals surface area contributed by atoms with Crippen LogP contribution in [0.15, 0.2) is 90.1 Å². The second kappa shape index (κ2) is 10.8. The zero-order valence-electron chi connectivity index (χ0n) is 21.6. The fourth-order valence-electron chi connectivity index (χ4n) is 4.57. The van der Waals surface area contributed by atoms with Crippen LogP contribution in [-0.2, 0) is 17.5 Å². The van der Waals surface area contributed by atoms with Crippen molar-refractivity contribution < 1.29 is 45.5 Å². The molecule has 41 heavy (non-hydrogen) atoms. The number of amides is 2. The molecule has 1 aliphatic heterocycles. The van der Waals surface area contributed by atoms with E-state index in [0.29, 0.717) is 23.4 Å². The second-order valence-corrected chi connectivity index (χ2v) is 9.18. The molecule has 0 saturated heterocycles. The molecule has 3 aromatic carbocycles. The maximum Gasteiger partial charge on any atom is 0.425 e. The van der Waals surface area contributed by atoms with E-state index in [9.17, 15) is 27.6 Å². The van der Waals surface area contributed by atoms with Crippen LogP contribution in [0.3, 0.4) is 0 Å². The van der Waals surface area contributed by atoms with Crippen LogP contribution in [0.4, 0.5) is 26.3 Å². The number of halogens is 6. The maximum absolute atomic E-state index is 15.1. The Morgan fingerprint density at radius 2 is 1.49 bits per heavy atom. The molecule has 0 fully saturated rings. The molecule has 1 aliphatic rings. The van der Waals surface area contributed by atoms with Crippen molar-refractivity contribution in [3.63, 3.8) is 0 Å². The number of nitrogens with zero attached hydrogens (tertiary/aromatic N) is 1. The maximum atomic E-state index is 15.1. The van der Waals surface area contributed by atoms with Gasteiger partial charge in [0.1, 0.15) is 5.75 Å². The van der Waals surface area contributed by atoms with Crippen molar-refractivity contribution in [3.05, 3.63) is 112 Å². The van der Waals surface area contributed by atoms with Crippen molar-refractivity contribution in [2.45, 2.75) is 31.4 Å². The first kappa shape index (κ1) is 29.4. The van der Waals surface area contributed by atoms with Crippen LogP contribution in [-0.4, -0.2) is 41.3 Å². The number of Topliss-reactive ketones (excluding diaryl/α,β-unsaturated/α-hetero) is 1. The van der Waals surface area contributed by atoms with Gasteiger partial charge in [-0.2, -0.15) is 26.3 Å². The number of benzene rings is 3. The lowest BCUT2D eigenvalue weighted by Gasteiger charge is -2.33. The van der Waals surface area contributed by atoms with Crippen molar-refractivity contribution in [2.24, 2.45) is 0 Å². The predicted octanol–water partition coefficient (Wildman–Crippen LogP) is 5.94. The molecular weight excluding hydrogens is 554 g/mol. The van der Waals surface area contributed by atoms with E-state index in [0.717, 1.165) is 24.0 Å². The fourth-order valence-corrected chi connectivity index (χ4v) is 4.57. The average molecular weight is 576 g/mol. The minimum atomic E-state index is -5.57. The number of nitrogens with one attached hydrogen (secondary N) is 1. The van der Waals surface area contributed by atoms with Crippen molar-refractivity contribution >= 4 is 17.6 Å². The minimum absolute atomic E-state index is 0.192. The summed E-state index contributed by atoms with van der Waals surface area (Å²) in [6.07, 6.45) is -10.5. The van der Waals surface area contributed by atoms with Crippen LogP contribution >= 0.6 is 0 Å². The summed E-state index contributed by atoms with van der Waals surface area (Å²) >= 11 is 0. The van der Waals surface area contributed by atoms with Gasteiger partial charge in [-0.3, -0.25) is 14.4 Å². The lowest BCUT2D eigenvalue weighted by Crippen LogP contribution is -2.66. The number of allylic oxidation sites excluding steroid dienone is 1. The smallest absolute Gasteiger partial charge is 0.425 e. The van der Waals surface area contributed by atoms with E-state index >= 15 is 13.2 Å². The second-order valence-electron chi connectivity index (χ2n) is 9.18. The fraction of sp³-hybridized carbons (Fsp3) is 0.207. The molecule has 1 unspecified atom stereocenters. The summed E-state index contributed by atoms with van der Waals surface area (Å²) < 4.78 is 90.0. The Kier molecular flexibility index (Phi) is 7.70. The molecule has 6 nitrogen and oxygen atoms in total. The molecule has 0 bridgehead atoms. The molecule has 1 heterocycles. The van der Waals surface area contributed by atoms with Crippen molar-refractivity contribution in [2.75, 3.05) is 7.11 Å². The van der Waals surface area contributed by atoms with Crippen LogP contribution in [0.2, 0.25) is 0 Å². The third kappa shape index (κ3) is 5.41. The van der Waals surface area contributed by atoms with Gasteiger partial charge >= 0.3 is 12.4 Å². The van der Waals surface area contributed by atoms with Gasteiger partial charge in [0.2, 0.25) is 5.54 Å². The molecule has 2 amide bonds. The highest BCUT2D eigenvalue weighted by Gasteiger charge is 2.70. The van der Waals surface area contributed by atoms with Crippen molar-refractivity contribution in [1.82, 2.24) is 10.2 Å². The number of ether oxygens (including phenoxy) is 1. The lowest BCUT2D eigenvalue weighted by atomic mass is 9.84. The number of hydrogen-bond acceptors (Lipinski definition) is 4. The molecule has 4 rings (SSSR count). The summed E-state index contributed by atoms with van der Waals surface area (Å²) in [5.74, 6) is -4.04. The zero-order valence-corrected chi connectivity index (χ0v) is 21.6. The van der Waals surface area contributed by atoms with Crippen molar-refractivity contribution in [3.8, 4) is 5.75 Å². The van der Waals surface area contributed by atoms with Crippen LogP contribution in [0.25, 0.3) is 0 Å². The topological polar surface area (TPSA) is 75.7 Å². The van der Waals surface area contributed by atoms with Gasteiger partial charge in [0, 0.05) is 16.8 Å². The lowest BCUT2D eigenvalue weighted by molar-refractivity contribution is -0.189. The first-order valence-corrected chi connectivity index (χ1v) is 12.0. The molecule has 0 saturated carbocycles. The summed E-state index contributed by atoms with van der Waals surface area (Å²) in [6, 6.07) is 15.6. The minimum Gasteiger partial charge on any atom is -0.497 e. The van der Waals surface area contributed by atoms with Gasteiger partial charge in [-0.05, 0) is 42.8 Å². The Hall–Kier alpha value is -4.61. The van der Waals surface area contributed by atoms with E-state index in [-0.39, 0.29) is 11.3 Å². The Bertz CT molecular complexity index is 1510. The molecule has 0 aromatic heterocycles. The number of alkyl halides is 6. The molecule has 0 aliphatic carbocycles. The SMILES string of the molecule is COc1ccc(CN2C(=O)C(NC(=O)c3cccc(C(F)(F)F)c3)(C(F)(F)F)C(C(=O)c3ccccc3)=C2C)cc1. The van der Waals surface area contributed by atoms with Gasteiger partial charge in [0.25, 0.3) is 11.8 Å². The first-order valence-electron chi connectivity index (χ1n) is 12.0. The normalized spacial score (nSPS) is 17.6. The molecule has 1 atom stereocenters. The third-order valence-electron chi connectivity index (χ3n) is 6.65. The largest absolute Gasteiger partial charge is 0.497 e. The highest BCUT2D eigenvalue weighted by Crippen LogP contribution is 2.46. The van der Waals surface area contributed by atoms with Crippen molar-refractivity contribution in [1.29, 1.82) is 0 Å². The Morgan fingerprint density at radius 1 is 0.878 bits per heavy atom. The Morgan fingerprint density at radius 3 is 2.05 bits per heavy atom. The summed E-state index contributed by atoms with van der Waals surface area (Å²) in [6.45, 7) is 0.735. The van der Waals surface area contributed by atoms with Gasteiger partial charge in [-0.25, -0.2) is 0 Å². The number of methoxy groups -OCH3 is 1. The monoisotopic (exact) mass is 576 g/mol. The molecule has 12 heteroatoms. The highest BCUT2D eigenvalue weighted by molar-refractivity contribution is 6.19. The predicted molar refractivity (Wildman–Crippen MR) is 135 cm³/mol. The molecule has 214 valence electrons. The molecule has 0 spiro atoms. The van der Waals surface area contributed by atoms with Gasteiger partial charge in [-0.1, -0.05) is 48.5 Å². The summed E-state index contributed by atoms with van der Waals surface area (Å²) in [5, 5.41) is 1.62. The summed E-state index contributed by atoms with van der Waals surface area (Å²) in [5.41, 5.74) is -7.19. The number of rotatable bonds is 7. The summed E-state index contributed by atoms with van der Waals surface area (Å²) in [4.78, 5) is 41.2. The first-order chi connectivity index (χ1) is 19.2. The van der Waals surface area contributed by atoms with E-state index in [2.05, 4.69) is 0 Å². The highest BCUT2D eigenvalue weighted by atomic mass is 19.4. The van der Waals surface area contributed by atoms with Crippen LogP contribution in [0.1, 0.15) is 38.8 Å². The van der Waals surface area contributed by atoms with Gasteiger partial charge in [0.15, 0.2) is 5.78 Å². The Labute approximate surface area is 230 Å². The zero-order chi connectivity index (χ0) is 30.2. The average Bonchev–Trinajstić information content (AvgIpc) is 3.15. The number of hydrogen-bond donors (Lipinski definition) is 1. The Balaban J connectivity index is 1.86. The molecule has 3 aromatic rings. The summed E-state index contributed by atoms with van der Waals surface area (Å²) in [7, 11) is 1.41. The number of carbonyl (C=O) groups excluding carboxylic acids is 3. The van der Waals surface area contributed by atoms with Gasteiger partial charge in [-0.15, -0.1) is 0 Å². The van der Waals surface area contributed by atoms with Crippen LogP contribution in [0.5, 0.6) is 5.75 Å². The van der Waals surface area contributed by atoms with Crippen LogP contribution in [0, 0.1) is 0 Å². The van der Waals surface area contributed by atoms with E-state index in [1.165, 1.54) is 61.7 Å². The van der Waals surface area contributed by atoms with E-state index < -0.39 is 58.7 Å². The van der Waals surface area contributed by atoms with E-state index in [1.54, 1.807) is 5.32 Å². The molecule has 0 radical (unpaired) electrons. The quantitative estimate of drug-likeness (QED) is 0.279. The molecular formula is C29H22F6N2O4. The van der Waals surface area contributed by atoms with Gasteiger partial charge in [0.05, 0.1) is 24.8 Å². The van der Waals surface area contributed by atoms with E-state index in [4.69, 9.17) is 4.74 Å². The number of ketones is 1. The molecule has 1 N–H and O–H groups in total. The van der Waals surface area contributed by atoms with Gasteiger partial charge < -0.3 is 15.0 Å². The standard InChI is InChI=1S/C29H22F6N2O4/c1-17-23(24(38)19-7-4-3-5-8-19)27(29(33,34)35,26(40)37(17)16-18-11-13-22(41-2)14-12-18)36-25(39)20-9-6-10-21(15-20)28(30,31)32/h3-15H,16H2,1-2H3,(H,36,39). The van der Waals surface area contributed by atoms with E-state index in [1.807, 2.05) is 0 Å².